The van der Waals surface area contributed by atoms with Crippen LogP contribution >= 0.6 is 0 Å². The van der Waals surface area contributed by atoms with Gasteiger partial charge in [0.2, 0.25) is 0 Å². The van der Waals surface area contributed by atoms with Crippen LogP contribution in [0.2, 0.25) is 0 Å². The first-order valence-corrected chi connectivity index (χ1v) is 7.69. The van der Waals surface area contributed by atoms with Gasteiger partial charge in [0, 0.05) is 19.2 Å². The molecule has 0 aliphatic carbocycles. The third-order valence-corrected chi connectivity index (χ3v) is 4.29. The molecule has 23 heavy (non-hydrogen) atoms. The van der Waals surface area contributed by atoms with Crippen LogP contribution in [0.1, 0.15) is 12.6 Å². The van der Waals surface area contributed by atoms with Crippen molar-refractivity contribution in [2.75, 3.05) is 24.7 Å². The predicted octanol–water partition coefficient (Wildman–Crippen LogP) is 1.06. The maximum atomic E-state index is 5.53. The number of morpholine rings is 1. The average Bonchev–Trinajstić information content (AvgIpc) is 3.14. The van der Waals surface area contributed by atoms with Crippen molar-refractivity contribution in [3.8, 4) is 11.3 Å². The molecular formula is C15H19N7O. The number of aryl methyl sites for hydroxylation is 2. The summed E-state index contributed by atoms with van der Waals surface area (Å²) >= 11 is 0. The maximum Gasteiger partial charge on any atom is 0.150 e. The maximum absolute atomic E-state index is 5.53. The summed E-state index contributed by atoms with van der Waals surface area (Å²) in [5.74, 6) is 0.918. The minimum Gasteiger partial charge on any atom is -0.377 e. The number of hydrogen-bond acceptors (Lipinski definition) is 6. The lowest BCUT2D eigenvalue weighted by Gasteiger charge is -2.34. The van der Waals surface area contributed by atoms with Gasteiger partial charge < -0.3 is 9.64 Å². The third-order valence-electron chi connectivity index (χ3n) is 4.29. The zero-order chi connectivity index (χ0) is 16.0. The average molecular weight is 313 g/mol. The smallest absolute Gasteiger partial charge is 0.150 e. The van der Waals surface area contributed by atoms with E-state index in [1.807, 2.05) is 24.7 Å². The Morgan fingerprint density at radius 3 is 2.96 bits per heavy atom. The molecule has 4 rings (SSSR count). The number of anilines is 1. The van der Waals surface area contributed by atoms with E-state index in [0.717, 1.165) is 41.4 Å². The van der Waals surface area contributed by atoms with E-state index in [1.165, 1.54) is 0 Å². The summed E-state index contributed by atoms with van der Waals surface area (Å²) in [4.78, 5) is 6.51. The van der Waals surface area contributed by atoms with E-state index < -0.39 is 0 Å². The molecule has 0 unspecified atom stereocenters. The van der Waals surface area contributed by atoms with Crippen LogP contribution in [0.15, 0.2) is 18.6 Å². The van der Waals surface area contributed by atoms with Crippen LogP contribution in [-0.4, -0.2) is 55.4 Å². The molecule has 1 fully saturated rings. The molecule has 0 N–H and O–H groups in total. The van der Waals surface area contributed by atoms with Gasteiger partial charge in [-0.1, -0.05) is 5.21 Å². The van der Waals surface area contributed by atoms with Gasteiger partial charge in [0.25, 0.3) is 0 Å². The number of hydrogen-bond donors (Lipinski definition) is 0. The van der Waals surface area contributed by atoms with Crippen molar-refractivity contribution in [1.82, 2.24) is 29.6 Å². The van der Waals surface area contributed by atoms with E-state index in [9.17, 15) is 0 Å². The predicted molar refractivity (Wildman–Crippen MR) is 85.3 cm³/mol. The standard InChI is InChI=1S/C15H19N7O/c1-10-8-23-5-4-21(10)14-6-12(13-7-16-9-22(13)18-14)15-11(2)17-19-20(15)3/h6-7,9-10H,4-5,8H2,1-3H3/t10-/m1/s1. The van der Waals surface area contributed by atoms with Gasteiger partial charge >= 0.3 is 0 Å². The first-order valence-electron chi connectivity index (χ1n) is 7.69. The Labute approximate surface area is 133 Å². The number of nitrogens with zero attached hydrogens (tertiary/aromatic N) is 7. The summed E-state index contributed by atoms with van der Waals surface area (Å²) in [6.07, 6.45) is 3.55. The van der Waals surface area contributed by atoms with Gasteiger partial charge in [-0.15, -0.1) is 10.2 Å². The van der Waals surface area contributed by atoms with E-state index in [0.29, 0.717) is 6.61 Å². The molecule has 8 nitrogen and oxygen atoms in total. The Balaban J connectivity index is 1.91. The molecule has 1 saturated heterocycles. The number of aromatic nitrogens is 6. The summed E-state index contributed by atoms with van der Waals surface area (Å²) in [6.45, 7) is 6.37. The molecule has 3 aromatic rings. The van der Waals surface area contributed by atoms with Crippen molar-refractivity contribution in [2.24, 2.45) is 7.05 Å². The number of imidazole rings is 1. The number of ether oxygens (including phenoxy) is 1. The molecule has 4 heterocycles. The highest BCUT2D eigenvalue weighted by atomic mass is 16.5. The normalized spacial score (nSPS) is 18.7. The van der Waals surface area contributed by atoms with Gasteiger partial charge in [0.1, 0.15) is 6.33 Å². The quantitative estimate of drug-likeness (QED) is 0.704. The molecule has 0 radical (unpaired) electrons. The topological polar surface area (TPSA) is 73.4 Å². The molecule has 0 amide bonds. The van der Waals surface area contributed by atoms with Gasteiger partial charge in [-0.3, -0.25) is 0 Å². The summed E-state index contributed by atoms with van der Waals surface area (Å²) in [5.41, 5.74) is 3.86. The van der Waals surface area contributed by atoms with Crippen LogP contribution in [0.4, 0.5) is 5.82 Å². The zero-order valence-electron chi connectivity index (χ0n) is 13.5. The van der Waals surface area contributed by atoms with Crippen LogP contribution in [0.5, 0.6) is 0 Å². The molecule has 1 atom stereocenters. The van der Waals surface area contributed by atoms with E-state index >= 15 is 0 Å². The van der Waals surface area contributed by atoms with E-state index in [2.05, 4.69) is 33.2 Å². The second-order valence-electron chi connectivity index (χ2n) is 5.90. The molecule has 0 aromatic carbocycles. The fourth-order valence-electron chi connectivity index (χ4n) is 3.13. The molecular weight excluding hydrogens is 294 g/mol. The lowest BCUT2D eigenvalue weighted by Crippen LogP contribution is -2.44. The minimum atomic E-state index is 0.288. The van der Waals surface area contributed by atoms with E-state index in [4.69, 9.17) is 9.84 Å². The Morgan fingerprint density at radius 1 is 1.35 bits per heavy atom. The molecule has 120 valence electrons. The van der Waals surface area contributed by atoms with Crippen LogP contribution in [0, 0.1) is 6.92 Å². The van der Waals surface area contributed by atoms with Gasteiger partial charge in [0.05, 0.1) is 42.4 Å². The number of rotatable bonds is 2. The highest BCUT2D eigenvalue weighted by Gasteiger charge is 2.23. The first-order chi connectivity index (χ1) is 11.1. The SMILES string of the molecule is Cc1nnn(C)c1-c1cc(N2CCOC[C@H]2C)nn2cncc12. The summed E-state index contributed by atoms with van der Waals surface area (Å²) in [5, 5.41) is 13.0. The second kappa shape index (κ2) is 5.31. The van der Waals surface area contributed by atoms with Gasteiger partial charge in [-0.2, -0.15) is 0 Å². The Kier molecular flexibility index (Phi) is 3.26. The van der Waals surface area contributed by atoms with Gasteiger partial charge in [-0.25, -0.2) is 14.2 Å². The summed E-state index contributed by atoms with van der Waals surface area (Å²) in [6, 6.07) is 2.39. The molecule has 0 saturated carbocycles. The van der Waals surface area contributed by atoms with Crippen molar-refractivity contribution in [3.63, 3.8) is 0 Å². The third kappa shape index (κ3) is 2.26. The molecule has 1 aliphatic rings. The van der Waals surface area contributed by atoms with Gasteiger partial charge in [-0.05, 0) is 19.9 Å². The Morgan fingerprint density at radius 2 is 2.22 bits per heavy atom. The molecule has 0 spiro atoms. The second-order valence-corrected chi connectivity index (χ2v) is 5.90. The summed E-state index contributed by atoms with van der Waals surface area (Å²) in [7, 11) is 1.90. The van der Waals surface area contributed by atoms with Crippen LogP contribution in [0.3, 0.4) is 0 Å². The van der Waals surface area contributed by atoms with Crippen molar-refractivity contribution < 1.29 is 4.74 Å². The van der Waals surface area contributed by atoms with Crippen LogP contribution in [-0.2, 0) is 11.8 Å². The highest BCUT2D eigenvalue weighted by molar-refractivity contribution is 5.80. The van der Waals surface area contributed by atoms with Crippen LogP contribution in [0.25, 0.3) is 16.8 Å². The molecule has 0 bridgehead atoms. The largest absolute Gasteiger partial charge is 0.377 e. The zero-order valence-corrected chi connectivity index (χ0v) is 13.5. The first kappa shape index (κ1) is 14.1. The monoisotopic (exact) mass is 313 g/mol. The Bertz CT molecular complexity index is 833. The molecule has 3 aromatic heterocycles. The van der Waals surface area contributed by atoms with Crippen molar-refractivity contribution in [1.29, 1.82) is 0 Å². The summed E-state index contributed by atoms with van der Waals surface area (Å²) < 4.78 is 9.15. The van der Waals surface area contributed by atoms with Gasteiger partial charge in [0.15, 0.2) is 5.82 Å². The minimum absolute atomic E-state index is 0.288. The fraction of sp³-hybridized carbons (Fsp3) is 0.467. The van der Waals surface area contributed by atoms with Crippen molar-refractivity contribution in [2.45, 2.75) is 19.9 Å². The van der Waals surface area contributed by atoms with E-state index in [-0.39, 0.29) is 6.04 Å². The van der Waals surface area contributed by atoms with Crippen molar-refractivity contribution >= 4 is 11.3 Å². The number of fused-ring (bicyclic) bond motifs is 1. The van der Waals surface area contributed by atoms with Crippen LogP contribution < -0.4 is 4.90 Å². The van der Waals surface area contributed by atoms with E-state index in [1.54, 1.807) is 11.0 Å². The fourth-order valence-corrected chi connectivity index (χ4v) is 3.13. The highest BCUT2D eigenvalue weighted by Crippen LogP contribution is 2.29. The molecule has 1 aliphatic heterocycles. The van der Waals surface area contributed by atoms with Crippen molar-refractivity contribution in [3.05, 3.63) is 24.3 Å². The lowest BCUT2D eigenvalue weighted by molar-refractivity contribution is 0.0984. The molecule has 8 heteroatoms. The lowest BCUT2D eigenvalue weighted by atomic mass is 10.1. The Hall–Kier alpha value is -2.48.